The van der Waals surface area contributed by atoms with E-state index in [9.17, 15) is 36.7 Å². The molecule has 0 aliphatic carbocycles. The summed E-state index contributed by atoms with van der Waals surface area (Å²) in [5, 5.41) is 55.0. The van der Waals surface area contributed by atoms with E-state index in [1.807, 2.05) is 0 Å². The van der Waals surface area contributed by atoms with Crippen molar-refractivity contribution in [2.45, 2.75) is 9.79 Å². The van der Waals surface area contributed by atoms with Crippen molar-refractivity contribution in [1.29, 1.82) is 0 Å². The Balaban J connectivity index is 1.48. The third-order valence-corrected chi connectivity index (χ3v) is 8.12. The molecule has 0 aliphatic heterocycles. The number of azo groups is 3. The van der Waals surface area contributed by atoms with Crippen LogP contribution in [0.5, 0.6) is 23.0 Å². The van der Waals surface area contributed by atoms with E-state index in [0.717, 1.165) is 24.3 Å². The molecule has 16 nitrogen and oxygen atoms in total. The fraction of sp³-hybridized carbons (Fsp3) is 0.0345. The Bertz CT molecular complexity index is 2310. The third-order valence-electron chi connectivity index (χ3n) is 6.38. The fourth-order valence-corrected chi connectivity index (χ4v) is 5.24. The van der Waals surface area contributed by atoms with E-state index in [-0.39, 0.29) is 49.9 Å². The van der Waals surface area contributed by atoms with Gasteiger partial charge in [-0.2, -0.15) is 32.2 Å². The van der Waals surface area contributed by atoms with Gasteiger partial charge in [0, 0.05) is 17.5 Å². The molecule has 47 heavy (non-hydrogen) atoms. The highest BCUT2D eigenvalue weighted by Crippen LogP contribution is 2.44. The zero-order valence-electron chi connectivity index (χ0n) is 23.9. The molecule has 0 amide bonds. The fourth-order valence-electron chi connectivity index (χ4n) is 4.10. The first kappa shape index (κ1) is 32.6. The van der Waals surface area contributed by atoms with Crippen molar-refractivity contribution in [2.24, 2.45) is 30.7 Å². The Morgan fingerprint density at radius 1 is 0.596 bits per heavy atom. The lowest BCUT2D eigenvalue weighted by atomic mass is 10.1. The van der Waals surface area contributed by atoms with Crippen LogP contribution < -0.4 is 4.74 Å². The number of methoxy groups -OCH3 is 1. The van der Waals surface area contributed by atoms with Crippen LogP contribution in [-0.4, -0.2) is 48.4 Å². The van der Waals surface area contributed by atoms with Crippen LogP contribution in [0.1, 0.15) is 0 Å². The van der Waals surface area contributed by atoms with Gasteiger partial charge in [0.2, 0.25) is 0 Å². The summed E-state index contributed by atoms with van der Waals surface area (Å²) in [5.74, 6) is -1.04. The van der Waals surface area contributed by atoms with Crippen molar-refractivity contribution >= 4 is 65.1 Å². The molecule has 0 heterocycles. The summed E-state index contributed by atoms with van der Waals surface area (Å²) in [6.07, 6.45) is 0. The van der Waals surface area contributed by atoms with Gasteiger partial charge in [0.25, 0.3) is 20.2 Å². The number of hydrogen-bond donors (Lipinski definition) is 5. The molecular weight excluding hydrogens is 656 g/mol. The average molecular weight is 679 g/mol. The summed E-state index contributed by atoms with van der Waals surface area (Å²) in [4.78, 5) is -1.12. The second-order valence-electron chi connectivity index (χ2n) is 9.55. The normalized spacial score (nSPS) is 12.5. The number of phenolic OH excluding ortho intramolecular Hbond substituents is 3. The predicted molar refractivity (Wildman–Crippen MR) is 167 cm³/mol. The number of nitrogens with zero attached hydrogens (tertiary/aromatic N) is 6. The van der Waals surface area contributed by atoms with E-state index in [0.29, 0.717) is 5.69 Å². The van der Waals surface area contributed by atoms with E-state index in [1.165, 1.54) is 67.8 Å². The van der Waals surface area contributed by atoms with E-state index in [2.05, 4.69) is 30.7 Å². The number of rotatable bonds is 9. The number of ether oxygens (including phenoxy) is 1. The van der Waals surface area contributed by atoms with Crippen LogP contribution >= 0.6 is 0 Å². The third kappa shape index (κ3) is 7.53. The minimum Gasteiger partial charge on any atom is -0.508 e. The molecule has 0 saturated heterocycles. The van der Waals surface area contributed by atoms with Crippen LogP contribution in [0.2, 0.25) is 0 Å². The molecule has 0 aliphatic rings. The number of aromatic hydroxyl groups is 3. The first-order valence-corrected chi connectivity index (χ1v) is 15.9. The molecule has 0 bridgehead atoms. The van der Waals surface area contributed by atoms with Gasteiger partial charge in [-0.3, -0.25) is 9.11 Å². The Labute approximate surface area is 266 Å². The van der Waals surface area contributed by atoms with Gasteiger partial charge in [0.1, 0.15) is 39.2 Å². The maximum Gasteiger partial charge on any atom is 0.296 e. The SMILES string of the molecule is COc1cc(N=Nc2c(S(=O)(=O)O)cc3cc(N=Nc4ccc(O)cc4)ccc3c2O)c(O)cc1N=Nc1ccc(S(=O)(=O)O)cc1. The lowest BCUT2D eigenvalue weighted by molar-refractivity contribution is 0.413. The molecule has 0 spiro atoms. The van der Waals surface area contributed by atoms with Gasteiger partial charge in [0.05, 0.1) is 29.1 Å². The molecule has 5 N–H and O–H groups in total. The van der Waals surface area contributed by atoms with E-state index in [1.54, 1.807) is 0 Å². The zero-order chi connectivity index (χ0) is 33.9. The monoisotopic (exact) mass is 678 g/mol. The Hall–Kier alpha value is -5.82. The van der Waals surface area contributed by atoms with Crippen molar-refractivity contribution in [1.82, 2.24) is 0 Å². The summed E-state index contributed by atoms with van der Waals surface area (Å²) in [6.45, 7) is 0. The van der Waals surface area contributed by atoms with Gasteiger partial charge in [-0.25, -0.2) is 0 Å². The summed E-state index contributed by atoms with van der Waals surface area (Å²) in [6, 6.07) is 18.4. The summed E-state index contributed by atoms with van der Waals surface area (Å²) in [7, 11) is -8.06. The molecule has 0 fully saturated rings. The quantitative estimate of drug-likeness (QED) is 0.0749. The van der Waals surface area contributed by atoms with Gasteiger partial charge >= 0.3 is 0 Å². The molecule has 0 aromatic heterocycles. The molecule has 0 unspecified atom stereocenters. The van der Waals surface area contributed by atoms with Gasteiger partial charge in [0.15, 0.2) is 5.75 Å². The van der Waals surface area contributed by atoms with Crippen molar-refractivity contribution in [3.8, 4) is 23.0 Å². The first-order chi connectivity index (χ1) is 22.2. The second-order valence-corrected chi connectivity index (χ2v) is 12.4. The highest BCUT2D eigenvalue weighted by atomic mass is 32.2. The highest BCUT2D eigenvalue weighted by Gasteiger charge is 2.22. The van der Waals surface area contributed by atoms with Crippen molar-refractivity contribution in [2.75, 3.05) is 7.11 Å². The van der Waals surface area contributed by atoms with Crippen LogP contribution in [0.3, 0.4) is 0 Å². The molecule has 0 saturated carbocycles. The molecule has 5 aromatic rings. The van der Waals surface area contributed by atoms with Gasteiger partial charge in [-0.1, -0.05) is 0 Å². The summed E-state index contributed by atoms with van der Waals surface area (Å²) in [5.41, 5.74) is 0.0975. The molecule has 18 heteroatoms. The Morgan fingerprint density at radius 2 is 1.17 bits per heavy atom. The summed E-state index contributed by atoms with van der Waals surface area (Å²) >= 11 is 0. The molecule has 0 radical (unpaired) electrons. The van der Waals surface area contributed by atoms with Gasteiger partial charge in [-0.05, 0) is 78.2 Å². The predicted octanol–water partition coefficient (Wildman–Crippen LogP) is 7.70. The minimum atomic E-state index is -4.95. The molecule has 0 atom stereocenters. The van der Waals surface area contributed by atoms with E-state index < -0.39 is 42.3 Å². The first-order valence-electron chi connectivity index (χ1n) is 13.0. The number of fused-ring (bicyclic) bond motifs is 1. The van der Waals surface area contributed by atoms with Gasteiger partial charge in [-0.15, -0.1) is 15.3 Å². The smallest absolute Gasteiger partial charge is 0.296 e. The summed E-state index contributed by atoms with van der Waals surface area (Å²) < 4.78 is 71.4. The Morgan fingerprint density at radius 3 is 1.79 bits per heavy atom. The van der Waals surface area contributed by atoms with E-state index >= 15 is 0 Å². The standard InChI is InChI=1S/C29H22N6O10S2/c1-45-26-15-23(25(37)14-24(26)34-31-18-4-9-21(10-5-18)46(39,40)41)33-35-28-27(47(42,43)44)13-16-12-19(6-11-22(16)29(28)38)32-30-17-2-7-20(36)8-3-17/h2-15,36-38H,1H3,(H,39,40,41)(H,42,43,44). The van der Waals surface area contributed by atoms with Gasteiger partial charge < -0.3 is 20.1 Å². The van der Waals surface area contributed by atoms with Crippen molar-refractivity contribution in [3.05, 3.63) is 84.9 Å². The Kier molecular flexibility index (Phi) is 8.93. The van der Waals surface area contributed by atoms with Crippen LogP contribution in [0.15, 0.2) is 125 Å². The largest absolute Gasteiger partial charge is 0.508 e. The van der Waals surface area contributed by atoms with Crippen LogP contribution in [0, 0.1) is 0 Å². The maximum atomic E-state index is 12.3. The zero-order valence-corrected chi connectivity index (χ0v) is 25.5. The van der Waals surface area contributed by atoms with Crippen LogP contribution in [0.4, 0.5) is 34.1 Å². The lowest BCUT2D eigenvalue weighted by Gasteiger charge is -2.10. The lowest BCUT2D eigenvalue weighted by Crippen LogP contribution is -1.99. The van der Waals surface area contributed by atoms with Crippen LogP contribution in [0.25, 0.3) is 10.8 Å². The number of benzene rings is 5. The number of phenols is 3. The second kappa shape index (κ2) is 12.9. The molecular formula is C29H22N6O10S2. The average Bonchev–Trinajstić information content (AvgIpc) is 3.02. The van der Waals surface area contributed by atoms with E-state index in [4.69, 9.17) is 9.29 Å². The van der Waals surface area contributed by atoms with Crippen molar-refractivity contribution in [3.63, 3.8) is 0 Å². The maximum absolute atomic E-state index is 12.3. The molecule has 240 valence electrons. The molecule has 5 aromatic carbocycles. The topological polar surface area (TPSA) is 253 Å². The van der Waals surface area contributed by atoms with Crippen molar-refractivity contribution < 1.29 is 46.0 Å². The minimum absolute atomic E-state index is 0.0216. The highest BCUT2D eigenvalue weighted by molar-refractivity contribution is 7.86. The van der Waals surface area contributed by atoms with Crippen LogP contribution in [-0.2, 0) is 20.2 Å². The molecule has 5 rings (SSSR count). The number of hydrogen-bond acceptors (Lipinski definition) is 14.